The normalized spacial score (nSPS) is 14.7. The molecule has 2 aromatic carbocycles. The lowest BCUT2D eigenvalue weighted by Crippen LogP contribution is -2.47. The molecule has 0 spiro atoms. The first-order valence-corrected chi connectivity index (χ1v) is 19.8. The van der Waals surface area contributed by atoms with Crippen molar-refractivity contribution in [2.24, 2.45) is 0 Å². The molecule has 0 atom stereocenters. The highest BCUT2D eigenvalue weighted by atomic mass is 32.2. The Morgan fingerprint density at radius 1 is 0.778 bits per heavy atom. The Morgan fingerprint density at radius 2 is 1.24 bits per heavy atom. The predicted octanol–water partition coefficient (Wildman–Crippen LogP) is 5.66. The molecule has 0 aliphatic carbocycles. The van der Waals surface area contributed by atoms with Gasteiger partial charge in [-0.25, -0.2) is 18.7 Å². The number of carbonyl (C=O) groups excluding carboxylic acids is 3. The Labute approximate surface area is 320 Å². The van der Waals surface area contributed by atoms with Gasteiger partial charge < -0.3 is 35.4 Å². The predicted molar refractivity (Wildman–Crippen MR) is 202 cm³/mol. The lowest BCUT2D eigenvalue weighted by atomic mass is 10.0. The molecule has 6 rings (SSSR count). The number of thioether (sulfide) groups is 2. The van der Waals surface area contributed by atoms with Crippen LogP contribution in [-0.4, -0.2) is 95.1 Å². The molecule has 2 aliphatic heterocycles. The van der Waals surface area contributed by atoms with E-state index in [1.54, 1.807) is 40.6 Å². The molecule has 2 saturated heterocycles. The largest absolute Gasteiger partial charge is 0.438 e. The van der Waals surface area contributed by atoms with Crippen LogP contribution in [0.1, 0.15) is 46.4 Å². The van der Waals surface area contributed by atoms with Crippen molar-refractivity contribution in [1.82, 2.24) is 30.8 Å². The Hall–Kier alpha value is -4.77. The van der Waals surface area contributed by atoms with E-state index in [-0.39, 0.29) is 46.8 Å². The number of likely N-dealkylation sites (tertiary alicyclic amines) is 1. The van der Waals surface area contributed by atoms with Gasteiger partial charge in [0.25, 0.3) is 11.8 Å². The Bertz CT molecular complexity index is 1910. The van der Waals surface area contributed by atoms with Crippen molar-refractivity contribution >= 4 is 41.2 Å². The fraction of sp³-hybridized carbons (Fsp3) is 0.342. The van der Waals surface area contributed by atoms with Crippen LogP contribution >= 0.6 is 23.5 Å². The average molecular weight is 781 g/mol. The molecule has 0 unspecified atom stereocenters. The van der Waals surface area contributed by atoms with Crippen LogP contribution in [0.5, 0.6) is 23.3 Å². The van der Waals surface area contributed by atoms with E-state index >= 15 is 0 Å². The number of amides is 3. The van der Waals surface area contributed by atoms with Crippen molar-refractivity contribution < 1.29 is 37.7 Å². The molecule has 4 N–H and O–H groups in total. The van der Waals surface area contributed by atoms with Gasteiger partial charge in [-0.05, 0) is 99.8 Å². The van der Waals surface area contributed by atoms with E-state index in [0.717, 1.165) is 60.2 Å². The summed E-state index contributed by atoms with van der Waals surface area (Å²) >= 11 is 3.13. The molecule has 4 heterocycles. The highest BCUT2D eigenvalue weighted by Crippen LogP contribution is 2.29. The second kappa shape index (κ2) is 20.1. The van der Waals surface area contributed by atoms with Crippen LogP contribution in [0, 0.1) is 11.6 Å². The summed E-state index contributed by atoms with van der Waals surface area (Å²) in [7, 11) is 0. The topological polar surface area (TPSA) is 155 Å². The molecule has 2 fully saturated rings. The van der Waals surface area contributed by atoms with E-state index in [1.807, 2.05) is 48.9 Å². The summed E-state index contributed by atoms with van der Waals surface area (Å²) in [5.41, 5.74) is 0.113. The molecule has 0 radical (unpaired) electrons. The minimum atomic E-state index is -0.635. The maximum Gasteiger partial charge on any atom is 0.257 e. The maximum absolute atomic E-state index is 13.8. The van der Waals surface area contributed by atoms with Crippen LogP contribution in [0.2, 0.25) is 0 Å². The SMILES string of the molecule is CSc1cccc(Oc2ncc(F)cc2C(=O)NC2CCN(C(=O)CO)CC2)c1.CSc1cccc(Oc2ncc(F)cc2C(=O)NC2CCNCC2)c1. The van der Waals surface area contributed by atoms with Crippen molar-refractivity contribution in [3.8, 4) is 23.3 Å². The van der Waals surface area contributed by atoms with Gasteiger partial charge in [0.15, 0.2) is 0 Å². The fourth-order valence-electron chi connectivity index (χ4n) is 5.76. The van der Waals surface area contributed by atoms with E-state index < -0.39 is 24.1 Å². The van der Waals surface area contributed by atoms with Crippen LogP contribution in [0.15, 0.2) is 82.8 Å². The van der Waals surface area contributed by atoms with E-state index in [2.05, 4.69) is 25.9 Å². The molecule has 2 aliphatic rings. The molecule has 16 heteroatoms. The molecule has 286 valence electrons. The molecule has 4 aromatic rings. The van der Waals surface area contributed by atoms with Crippen LogP contribution in [0.3, 0.4) is 0 Å². The molecular formula is C38H42F2N6O6S2. The van der Waals surface area contributed by atoms with Crippen molar-refractivity contribution in [3.05, 3.63) is 95.8 Å². The minimum Gasteiger partial charge on any atom is -0.438 e. The average Bonchev–Trinajstić information content (AvgIpc) is 3.20. The second-order valence-corrected chi connectivity index (χ2v) is 14.1. The molecule has 2 aromatic heterocycles. The number of halogens is 2. The number of benzene rings is 2. The monoisotopic (exact) mass is 780 g/mol. The molecule has 0 saturated carbocycles. The van der Waals surface area contributed by atoms with Gasteiger partial charge >= 0.3 is 0 Å². The number of hydrogen-bond acceptors (Lipinski definition) is 11. The van der Waals surface area contributed by atoms with Crippen molar-refractivity contribution in [2.75, 3.05) is 45.3 Å². The minimum absolute atomic E-state index is 0.00780. The number of aromatic nitrogens is 2. The zero-order valence-corrected chi connectivity index (χ0v) is 31.5. The van der Waals surface area contributed by atoms with Crippen molar-refractivity contribution in [2.45, 2.75) is 47.6 Å². The van der Waals surface area contributed by atoms with Crippen LogP contribution in [0.4, 0.5) is 8.78 Å². The van der Waals surface area contributed by atoms with E-state index in [9.17, 15) is 23.2 Å². The highest BCUT2D eigenvalue weighted by Gasteiger charge is 2.26. The summed E-state index contributed by atoms with van der Waals surface area (Å²) in [4.78, 5) is 48.3. The lowest BCUT2D eigenvalue weighted by molar-refractivity contribution is -0.135. The van der Waals surface area contributed by atoms with Crippen LogP contribution in [-0.2, 0) is 4.79 Å². The Morgan fingerprint density at radius 3 is 1.69 bits per heavy atom. The van der Waals surface area contributed by atoms with Gasteiger partial charge in [-0.1, -0.05) is 12.1 Å². The molecule has 0 bridgehead atoms. The molecule has 12 nitrogen and oxygen atoms in total. The highest BCUT2D eigenvalue weighted by molar-refractivity contribution is 7.98. The van der Waals surface area contributed by atoms with Gasteiger partial charge in [-0.15, -0.1) is 23.5 Å². The summed E-state index contributed by atoms with van der Waals surface area (Å²) in [6.07, 6.45) is 8.75. The molecule has 54 heavy (non-hydrogen) atoms. The smallest absolute Gasteiger partial charge is 0.257 e. The zero-order chi connectivity index (χ0) is 38.5. The van der Waals surface area contributed by atoms with Crippen molar-refractivity contribution in [3.63, 3.8) is 0 Å². The number of piperidine rings is 2. The number of hydrogen-bond donors (Lipinski definition) is 4. The first-order chi connectivity index (χ1) is 26.1. The standard InChI is InChI=1S/C20H22FN3O4S.C18H20FN3O2S/c1-29-16-4-2-3-15(10-16)28-20-17(9-13(21)11-22-20)19(27)23-14-5-7-24(8-6-14)18(26)12-25;1-25-15-4-2-3-14(10-15)24-18-16(9-12(19)11-21-18)17(23)22-13-5-7-20-8-6-13/h2-4,9-11,14,25H,5-8,12H2,1H3,(H,23,27);2-4,9-11,13,20H,5-8H2,1H3,(H,22,23). The quantitative estimate of drug-likeness (QED) is 0.139. The summed E-state index contributed by atoms with van der Waals surface area (Å²) in [6.45, 7) is 2.08. The van der Waals surface area contributed by atoms with Gasteiger partial charge in [0.2, 0.25) is 17.7 Å². The summed E-state index contributed by atoms with van der Waals surface area (Å²) in [6, 6.07) is 16.9. The number of pyridine rings is 2. The van der Waals surface area contributed by atoms with Gasteiger partial charge in [0, 0.05) is 35.0 Å². The van der Waals surface area contributed by atoms with Gasteiger partial charge in [-0.3, -0.25) is 14.4 Å². The first-order valence-electron chi connectivity index (χ1n) is 17.3. The van der Waals surface area contributed by atoms with Crippen molar-refractivity contribution in [1.29, 1.82) is 0 Å². The number of nitrogens with zero attached hydrogens (tertiary/aromatic N) is 3. The van der Waals surface area contributed by atoms with E-state index in [1.165, 1.54) is 0 Å². The Balaban J connectivity index is 0.000000210. The fourth-order valence-corrected chi connectivity index (χ4v) is 6.66. The first kappa shape index (κ1) is 40.4. The summed E-state index contributed by atoms with van der Waals surface area (Å²) in [5.74, 6) is -1.20. The number of aliphatic hydroxyl groups is 1. The van der Waals surface area contributed by atoms with Crippen LogP contribution in [0.25, 0.3) is 0 Å². The third kappa shape index (κ3) is 11.6. The number of aliphatic hydroxyl groups excluding tert-OH is 1. The third-order valence-corrected chi connectivity index (χ3v) is 10.1. The second-order valence-electron chi connectivity index (χ2n) is 12.4. The van der Waals surface area contributed by atoms with Crippen LogP contribution < -0.4 is 25.4 Å². The Kier molecular flexibility index (Phi) is 15.0. The lowest BCUT2D eigenvalue weighted by Gasteiger charge is -2.32. The summed E-state index contributed by atoms with van der Waals surface area (Å²) in [5, 5.41) is 18.0. The number of rotatable bonds is 11. The maximum atomic E-state index is 13.8. The number of carbonyl (C=O) groups is 3. The number of ether oxygens (including phenoxy) is 2. The molecular weight excluding hydrogens is 739 g/mol. The van der Waals surface area contributed by atoms with Gasteiger partial charge in [0.05, 0.1) is 12.4 Å². The third-order valence-electron chi connectivity index (χ3n) is 8.63. The van der Waals surface area contributed by atoms with Gasteiger partial charge in [-0.2, -0.15) is 0 Å². The summed E-state index contributed by atoms with van der Waals surface area (Å²) < 4.78 is 38.9. The van der Waals surface area contributed by atoms with E-state index in [0.29, 0.717) is 37.4 Å². The zero-order valence-electron chi connectivity index (χ0n) is 29.8. The van der Waals surface area contributed by atoms with E-state index in [4.69, 9.17) is 14.6 Å². The van der Waals surface area contributed by atoms with Gasteiger partial charge in [0.1, 0.15) is 40.9 Å². The number of nitrogens with one attached hydrogen (secondary N) is 3. The molecule has 3 amide bonds.